The highest BCUT2D eigenvalue weighted by atomic mass is 16.4. The zero-order chi connectivity index (χ0) is 15.6. The van der Waals surface area contributed by atoms with Gasteiger partial charge in [-0.1, -0.05) is 5.21 Å². The largest absolute Gasteiger partial charge is 0.472 e. The van der Waals surface area contributed by atoms with Crippen LogP contribution in [0.1, 0.15) is 21.8 Å². The standard InChI is InChI=1S/C14H14N4O4/c1-18-7-11(16-17-18)13(19)15-9-14(20,10-4-6-21-8-10)12-3-2-5-22-12/h2-8,20H,9H2,1H3,(H,15,19)/t14-/m1/s1. The van der Waals surface area contributed by atoms with Gasteiger partial charge in [0.2, 0.25) is 0 Å². The SMILES string of the molecule is Cn1cc(C(=O)NC[C@@](O)(c2ccoc2)c2ccco2)nn1. The van der Waals surface area contributed by atoms with E-state index in [1.165, 1.54) is 29.7 Å². The van der Waals surface area contributed by atoms with Crippen molar-refractivity contribution in [1.82, 2.24) is 20.3 Å². The first kappa shape index (κ1) is 14.1. The summed E-state index contributed by atoms with van der Waals surface area (Å²) in [4.78, 5) is 12.1. The van der Waals surface area contributed by atoms with Crippen LogP contribution in [0.4, 0.5) is 0 Å². The number of nitrogens with one attached hydrogen (secondary N) is 1. The van der Waals surface area contributed by atoms with E-state index in [4.69, 9.17) is 8.83 Å². The van der Waals surface area contributed by atoms with Crippen LogP contribution in [0.2, 0.25) is 0 Å². The minimum atomic E-state index is -1.53. The zero-order valence-electron chi connectivity index (χ0n) is 11.8. The second kappa shape index (κ2) is 5.49. The van der Waals surface area contributed by atoms with Gasteiger partial charge in [-0.3, -0.25) is 9.48 Å². The Labute approximate surface area is 125 Å². The summed E-state index contributed by atoms with van der Waals surface area (Å²) in [6, 6.07) is 4.89. The molecule has 0 aromatic carbocycles. The number of rotatable bonds is 5. The number of aliphatic hydroxyl groups is 1. The quantitative estimate of drug-likeness (QED) is 0.717. The molecule has 0 radical (unpaired) electrons. The van der Waals surface area contributed by atoms with E-state index in [1.807, 2.05) is 0 Å². The average molecular weight is 302 g/mol. The van der Waals surface area contributed by atoms with Gasteiger partial charge in [0.25, 0.3) is 5.91 Å². The smallest absolute Gasteiger partial charge is 0.273 e. The van der Waals surface area contributed by atoms with Crippen LogP contribution in [0.25, 0.3) is 0 Å². The second-order valence-electron chi connectivity index (χ2n) is 4.81. The lowest BCUT2D eigenvalue weighted by molar-refractivity contribution is 0.0519. The number of amides is 1. The van der Waals surface area contributed by atoms with Crippen LogP contribution in [0.15, 0.2) is 52.0 Å². The fraction of sp³-hybridized carbons (Fsp3) is 0.214. The van der Waals surface area contributed by atoms with E-state index in [9.17, 15) is 9.90 Å². The molecule has 0 fully saturated rings. The maximum atomic E-state index is 12.1. The van der Waals surface area contributed by atoms with Gasteiger partial charge in [0.1, 0.15) is 5.76 Å². The second-order valence-corrected chi connectivity index (χ2v) is 4.81. The van der Waals surface area contributed by atoms with E-state index < -0.39 is 11.5 Å². The van der Waals surface area contributed by atoms with Gasteiger partial charge >= 0.3 is 0 Å². The first-order chi connectivity index (χ1) is 10.6. The van der Waals surface area contributed by atoms with Gasteiger partial charge in [0, 0.05) is 12.6 Å². The lowest BCUT2D eigenvalue weighted by Gasteiger charge is -2.24. The Hall–Kier alpha value is -2.87. The normalized spacial score (nSPS) is 13.7. The fourth-order valence-electron chi connectivity index (χ4n) is 2.10. The third-order valence-electron chi connectivity index (χ3n) is 3.27. The monoisotopic (exact) mass is 302 g/mol. The van der Waals surface area contributed by atoms with Crippen LogP contribution in [0.5, 0.6) is 0 Å². The van der Waals surface area contributed by atoms with Crippen molar-refractivity contribution in [2.45, 2.75) is 5.60 Å². The van der Waals surface area contributed by atoms with Gasteiger partial charge in [-0.25, -0.2) is 0 Å². The van der Waals surface area contributed by atoms with Crippen molar-refractivity contribution in [3.63, 3.8) is 0 Å². The van der Waals surface area contributed by atoms with Gasteiger partial charge < -0.3 is 19.3 Å². The third kappa shape index (κ3) is 2.51. The Morgan fingerprint density at radius 2 is 2.32 bits per heavy atom. The van der Waals surface area contributed by atoms with Crippen molar-refractivity contribution in [3.8, 4) is 0 Å². The topological polar surface area (TPSA) is 106 Å². The minimum absolute atomic E-state index is 0.102. The number of carbonyl (C=O) groups excluding carboxylic acids is 1. The van der Waals surface area contributed by atoms with Crippen LogP contribution in [0.3, 0.4) is 0 Å². The summed E-state index contributed by atoms with van der Waals surface area (Å²) in [5, 5.41) is 21.0. The fourth-order valence-corrected chi connectivity index (χ4v) is 2.10. The molecule has 0 aliphatic carbocycles. The number of aromatic nitrogens is 3. The molecule has 3 heterocycles. The molecule has 114 valence electrons. The summed E-state index contributed by atoms with van der Waals surface area (Å²) in [6.45, 7) is -0.102. The summed E-state index contributed by atoms with van der Waals surface area (Å²) >= 11 is 0. The molecule has 0 saturated carbocycles. The first-order valence-corrected chi connectivity index (χ1v) is 6.53. The summed E-state index contributed by atoms with van der Waals surface area (Å²) in [6.07, 6.45) is 5.77. The molecule has 3 aromatic rings. The van der Waals surface area contributed by atoms with E-state index >= 15 is 0 Å². The molecule has 22 heavy (non-hydrogen) atoms. The lowest BCUT2D eigenvalue weighted by atomic mass is 9.93. The third-order valence-corrected chi connectivity index (χ3v) is 3.27. The molecule has 1 amide bonds. The zero-order valence-corrected chi connectivity index (χ0v) is 11.8. The van der Waals surface area contributed by atoms with E-state index in [0.29, 0.717) is 11.3 Å². The van der Waals surface area contributed by atoms with Gasteiger partial charge in [-0.05, 0) is 18.2 Å². The Bertz CT molecular complexity index is 712. The highest BCUT2D eigenvalue weighted by Crippen LogP contribution is 2.29. The van der Waals surface area contributed by atoms with Crippen LogP contribution in [-0.2, 0) is 12.6 Å². The van der Waals surface area contributed by atoms with Crippen LogP contribution >= 0.6 is 0 Å². The molecule has 3 aromatic heterocycles. The van der Waals surface area contributed by atoms with Crippen molar-refractivity contribution < 1.29 is 18.7 Å². The lowest BCUT2D eigenvalue weighted by Crippen LogP contribution is -2.41. The average Bonchev–Trinajstić information content (AvgIpc) is 3.24. The van der Waals surface area contributed by atoms with Crippen LogP contribution in [-0.4, -0.2) is 32.6 Å². The van der Waals surface area contributed by atoms with Gasteiger partial charge in [0.05, 0.1) is 31.5 Å². The molecular formula is C14H14N4O4. The molecule has 0 saturated heterocycles. The molecule has 8 nitrogen and oxygen atoms in total. The Kier molecular flexibility index (Phi) is 3.51. The number of furan rings is 2. The van der Waals surface area contributed by atoms with Crippen molar-refractivity contribution in [2.75, 3.05) is 6.54 Å². The molecular weight excluding hydrogens is 288 g/mol. The number of carbonyl (C=O) groups is 1. The summed E-state index contributed by atoms with van der Waals surface area (Å²) in [5.41, 5.74) is -0.896. The van der Waals surface area contributed by atoms with Gasteiger partial charge in [-0.2, -0.15) is 0 Å². The van der Waals surface area contributed by atoms with Crippen molar-refractivity contribution in [3.05, 3.63) is 60.2 Å². The van der Waals surface area contributed by atoms with Crippen molar-refractivity contribution in [2.24, 2.45) is 7.05 Å². The molecule has 0 aliphatic rings. The van der Waals surface area contributed by atoms with Gasteiger partial charge in [0.15, 0.2) is 11.3 Å². The predicted octanol–water partition coefficient (Wildman–Crippen LogP) is 0.667. The predicted molar refractivity (Wildman–Crippen MR) is 73.8 cm³/mol. The maximum absolute atomic E-state index is 12.1. The number of hydrogen-bond donors (Lipinski definition) is 2. The molecule has 8 heteroatoms. The highest BCUT2D eigenvalue weighted by Gasteiger charge is 2.36. The van der Waals surface area contributed by atoms with Crippen LogP contribution < -0.4 is 5.32 Å². The molecule has 0 unspecified atom stereocenters. The van der Waals surface area contributed by atoms with E-state index in [-0.39, 0.29) is 12.2 Å². The number of nitrogens with zero attached hydrogens (tertiary/aromatic N) is 3. The summed E-state index contributed by atoms with van der Waals surface area (Å²) in [5.74, 6) is -0.144. The molecule has 3 rings (SSSR count). The molecule has 0 spiro atoms. The van der Waals surface area contributed by atoms with Crippen molar-refractivity contribution >= 4 is 5.91 Å². The summed E-state index contributed by atoms with van der Waals surface area (Å²) in [7, 11) is 1.66. The van der Waals surface area contributed by atoms with E-state index in [1.54, 1.807) is 25.2 Å². The maximum Gasteiger partial charge on any atom is 0.273 e. The Morgan fingerprint density at radius 1 is 1.45 bits per heavy atom. The molecule has 2 N–H and O–H groups in total. The Balaban J connectivity index is 1.81. The van der Waals surface area contributed by atoms with Crippen LogP contribution in [0, 0.1) is 0 Å². The molecule has 1 atom stereocenters. The number of hydrogen-bond acceptors (Lipinski definition) is 6. The minimum Gasteiger partial charge on any atom is -0.472 e. The molecule has 0 bridgehead atoms. The number of aryl methyl sites for hydroxylation is 1. The first-order valence-electron chi connectivity index (χ1n) is 6.53. The summed E-state index contributed by atoms with van der Waals surface area (Å²) < 4.78 is 11.7. The van der Waals surface area contributed by atoms with E-state index in [0.717, 1.165) is 0 Å². The Morgan fingerprint density at radius 3 is 2.91 bits per heavy atom. The van der Waals surface area contributed by atoms with E-state index in [2.05, 4.69) is 15.6 Å². The highest BCUT2D eigenvalue weighted by molar-refractivity contribution is 5.91. The van der Waals surface area contributed by atoms with Crippen molar-refractivity contribution in [1.29, 1.82) is 0 Å². The molecule has 0 aliphatic heterocycles. The van der Waals surface area contributed by atoms with Gasteiger partial charge in [-0.15, -0.1) is 5.10 Å².